The standard InChI is InChI=1S/C18H18ClN3O2/c1-24-11-10-22-16-5-3-2-4-15(16)21-17(22)12-20-18(23)13-6-8-14(19)9-7-13/h2-9H,10-12H2,1H3,(H,20,23). The molecule has 124 valence electrons. The third-order valence-corrected chi connectivity index (χ3v) is 4.02. The molecule has 0 saturated heterocycles. The summed E-state index contributed by atoms with van der Waals surface area (Å²) < 4.78 is 7.25. The van der Waals surface area contributed by atoms with Crippen molar-refractivity contribution in [3.63, 3.8) is 0 Å². The van der Waals surface area contributed by atoms with Gasteiger partial charge in [0.25, 0.3) is 5.91 Å². The molecule has 1 heterocycles. The molecule has 3 rings (SSSR count). The molecule has 0 radical (unpaired) electrons. The van der Waals surface area contributed by atoms with Crippen LogP contribution >= 0.6 is 11.6 Å². The van der Waals surface area contributed by atoms with Crippen molar-refractivity contribution in [3.8, 4) is 0 Å². The monoisotopic (exact) mass is 343 g/mol. The summed E-state index contributed by atoms with van der Waals surface area (Å²) in [5.74, 6) is 0.646. The summed E-state index contributed by atoms with van der Waals surface area (Å²) in [6.45, 7) is 1.61. The highest BCUT2D eigenvalue weighted by molar-refractivity contribution is 6.30. The number of amides is 1. The summed E-state index contributed by atoms with van der Waals surface area (Å²) in [6, 6.07) is 14.7. The molecule has 0 atom stereocenters. The van der Waals surface area contributed by atoms with Gasteiger partial charge in [-0.15, -0.1) is 0 Å². The van der Waals surface area contributed by atoms with Gasteiger partial charge in [-0.3, -0.25) is 4.79 Å². The Morgan fingerprint density at radius 1 is 1.21 bits per heavy atom. The van der Waals surface area contributed by atoms with E-state index in [4.69, 9.17) is 16.3 Å². The number of hydrogen-bond acceptors (Lipinski definition) is 3. The van der Waals surface area contributed by atoms with Gasteiger partial charge in [0.2, 0.25) is 0 Å². The lowest BCUT2D eigenvalue weighted by atomic mass is 10.2. The van der Waals surface area contributed by atoms with Crippen LogP contribution in [0.2, 0.25) is 5.02 Å². The van der Waals surface area contributed by atoms with Crippen LogP contribution in [-0.2, 0) is 17.8 Å². The van der Waals surface area contributed by atoms with Crippen molar-refractivity contribution in [3.05, 3.63) is 64.9 Å². The molecular formula is C18H18ClN3O2. The maximum atomic E-state index is 12.3. The van der Waals surface area contributed by atoms with E-state index in [9.17, 15) is 4.79 Å². The molecule has 0 unspecified atom stereocenters. The smallest absolute Gasteiger partial charge is 0.251 e. The van der Waals surface area contributed by atoms with Crippen LogP contribution in [0.1, 0.15) is 16.2 Å². The average Bonchev–Trinajstić information content (AvgIpc) is 2.96. The van der Waals surface area contributed by atoms with Crippen LogP contribution in [0, 0.1) is 0 Å². The molecule has 0 spiro atoms. The van der Waals surface area contributed by atoms with Crippen molar-refractivity contribution in [1.82, 2.24) is 14.9 Å². The molecule has 6 heteroatoms. The van der Waals surface area contributed by atoms with E-state index in [1.54, 1.807) is 31.4 Å². The van der Waals surface area contributed by atoms with E-state index >= 15 is 0 Å². The zero-order valence-electron chi connectivity index (χ0n) is 13.3. The molecule has 2 aromatic carbocycles. The fourth-order valence-electron chi connectivity index (χ4n) is 2.56. The number of imidazole rings is 1. The number of ether oxygens (including phenoxy) is 1. The van der Waals surface area contributed by atoms with Crippen molar-refractivity contribution in [1.29, 1.82) is 0 Å². The Bertz CT molecular complexity index is 843. The molecule has 0 bridgehead atoms. The molecule has 1 amide bonds. The van der Waals surface area contributed by atoms with Crippen molar-refractivity contribution >= 4 is 28.5 Å². The van der Waals surface area contributed by atoms with Crippen molar-refractivity contribution in [2.24, 2.45) is 0 Å². The van der Waals surface area contributed by atoms with Gasteiger partial charge in [-0.25, -0.2) is 4.98 Å². The van der Waals surface area contributed by atoms with Crippen LogP contribution in [0.4, 0.5) is 0 Å². The molecule has 1 N–H and O–H groups in total. The number of methoxy groups -OCH3 is 1. The predicted molar refractivity (Wildman–Crippen MR) is 94.2 cm³/mol. The maximum absolute atomic E-state index is 12.3. The number of hydrogen-bond donors (Lipinski definition) is 1. The summed E-state index contributed by atoms with van der Waals surface area (Å²) in [4.78, 5) is 16.9. The first kappa shape index (κ1) is 16.5. The lowest BCUT2D eigenvalue weighted by Gasteiger charge is -2.10. The Labute approximate surface area is 145 Å². The molecule has 1 aromatic heterocycles. The van der Waals surface area contributed by atoms with Crippen LogP contribution in [0.25, 0.3) is 11.0 Å². The number of para-hydroxylation sites is 2. The number of rotatable bonds is 6. The largest absolute Gasteiger partial charge is 0.383 e. The number of carbonyl (C=O) groups excluding carboxylic acids is 1. The zero-order chi connectivity index (χ0) is 16.9. The van der Waals surface area contributed by atoms with Gasteiger partial charge in [0.05, 0.1) is 24.2 Å². The normalized spacial score (nSPS) is 10.9. The first-order chi connectivity index (χ1) is 11.7. The Hall–Kier alpha value is -2.37. The van der Waals surface area contributed by atoms with E-state index < -0.39 is 0 Å². The molecular weight excluding hydrogens is 326 g/mol. The van der Waals surface area contributed by atoms with Crippen molar-refractivity contribution in [2.75, 3.05) is 13.7 Å². The van der Waals surface area contributed by atoms with Gasteiger partial charge >= 0.3 is 0 Å². The summed E-state index contributed by atoms with van der Waals surface area (Å²) in [5, 5.41) is 3.51. The van der Waals surface area contributed by atoms with Crippen molar-refractivity contribution < 1.29 is 9.53 Å². The highest BCUT2D eigenvalue weighted by Gasteiger charge is 2.12. The Kier molecular flexibility index (Phi) is 5.13. The number of fused-ring (bicyclic) bond motifs is 1. The predicted octanol–water partition coefficient (Wildman–Crippen LogP) is 3.27. The van der Waals surface area contributed by atoms with Gasteiger partial charge in [0.1, 0.15) is 5.82 Å². The van der Waals surface area contributed by atoms with Crippen LogP contribution in [0.3, 0.4) is 0 Å². The van der Waals surface area contributed by atoms with E-state index in [1.807, 2.05) is 24.3 Å². The van der Waals surface area contributed by atoms with Gasteiger partial charge in [-0.05, 0) is 36.4 Å². The zero-order valence-corrected chi connectivity index (χ0v) is 14.1. The number of aromatic nitrogens is 2. The highest BCUT2D eigenvalue weighted by atomic mass is 35.5. The molecule has 0 aliphatic heterocycles. The molecule has 0 saturated carbocycles. The second-order valence-corrected chi connectivity index (χ2v) is 5.79. The molecule has 0 aliphatic carbocycles. The third-order valence-electron chi connectivity index (χ3n) is 3.77. The van der Waals surface area contributed by atoms with E-state index in [2.05, 4.69) is 14.9 Å². The third kappa shape index (κ3) is 3.58. The lowest BCUT2D eigenvalue weighted by Crippen LogP contribution is -2.25. The summed E-state index contributed by atoms with van der Waals surface area (Å²) in [5.41, 5.74) is 2.51. The second-order valence-electron chi connectivity index (χ2n) is 5.35. The fourth-order valence-corrected chi connectivity index (χ4v) is 2.68. The average molecular weight is 344 g/mol. The van der Waals surface area contributed by atoms with Crippen LogP contribution < -0.4 is 5.32 Å². The highest BCUT2D eigenvalue weighted by Crippen LogP contribution is 2.16. The van der Waals surface area contributed by atoms with E-state index in [-0.39, 0.29) is 5.91 Å². The fraction of sp³-hybridized carbons (Fsp3) is 0.222. The second kappa shape index (κ2) is 7.47. The minimum atomic E-state index is -0.156. The van der Waals surface area contributed by atoms with Gasteiger partial charge in [0, 0.05) is 24.2 Å². The quantitative estimate of drug-likeness (QED) is 0.747. The Morgan fingerprint density at radius 2 is 1.96 bits per heavy atom. The summed E-state index contributed by atoms with van der Waals surface area (Å²) >= 11 is 5.85. The minimum Gasteiger partial charge on any atom is -0.383 e. The SMILES string of the molecule is COCCn1c(CNC(=O)c2ccc(Cl)cc2)nc2ccccc21. The Morgan fingerprint density at radius 3 is 2.71 bits per heavy atom. The minimum absolute atomic E-state index is 0.156. The molecule has 24 heavy (non-hydrogen) atoms. The van der Waals surface area contributed by atoms with Crippen LogP contribution in [-0.4, -0.2) is 29.2 Å². The van der Waals surface area contributed by atoms with E-state index in [0.29, 0.717) is 30.3 Å². The number of carbonyl (C=O) groups is 1. The number of halogens is 1. The van der Waals surface area contributed by atoms with Gasteiger partial charge in [0.15, 0.2) is 0 Å². The summed E-state index contributed by atoms with van der Waals surface area (Å²) in [7, 11) is 1.67. The van der Waals surface area contributed by atoms with Gasteiger partial charge in [-0.1, -0.05) is 23.7 Å². The molecule has 0 fully saturated rings. The van der Waals surface area contributed by atoms with E-state index in [1.165, 1.54) is 0 Å². The Balaban J connectivity index is 1.78. The molecule has 0 aliphatic rings. The van der Waals surface area contributed by atoms with E-state index in [0.717, 1.165) is 16.9 Å². The van der Waals surface area contributed by atoms with Gasteiger partial charge in [-0.2, -0.15) is 0 Å². The molecule has 5 nitrogen and oxygen atoms in total. The van der Waals surface area contributed by atoms with Crippen LogP contribution in [0.5, 0.6) is 0 Å². The first-order valence-corrected chi connectivity index (χ1v) is 8.03. The molecule has 3 aromatic rings. The topological polar surface area (TPSA) is 56.1 Å². The maximum Gasteiger partial charge on any atom is 0.251 e. The number of nitrogens with zero attached hydrogens (tertiary/aromatic N) is 2. The lowest BCUT2D eigenvalue weighted by molar-refractivity contribution is 0.0949. The number of benzene rings is 2. The number of nitrogens with one attached hydrogen (secondary N) is 1. The summed E-state index contributed by atoms with van der Waals surface area (Å²) in [6.07, 6.45) is 0. The van der Waals surface area contributed by atoms with Crippen LogP contribution in [0.15, 0.2) is 48.5 Å². The first-order valence-electron chi connectivity index (χ1n) is 7.66. The van der Waals surface area contributed by atoms with Crippen molar-refractivity contribution in [2.45, 2.75) is 13.1 Å². The van der Waals surface area contributed by atoms with Gasteiger partial charge < -0.3 is 14.6 Å².